The molecule has 25 heteroatoms. The Morgan fingerprint density at radius 1 is 0.758 bits per heavy atom. The number of carbonyl (C=O) groups is 5. The number of fused-ring (bicyclic) bond motifs is 2. The van der Waals surface area contributed by atoms with Crippen LogP contribution in [0, 0.1) is 11.8 Å². The number of para-hydroxylation sites is 1. The van der Waals surface area contributed by atoms with E-state index in [0.29, 0.717) is 108 Å². The van der Waals surface area contributed by atoms with Gasteiger partial charge in [0.05, 0.1) is 34.9 Å². The standard InChI is InChI=1S/C74H91F7N10O8/c1-51-41-57(75)22-23-59(51)72(49-91(50-98-72)67(95)53-42-55(73(76,77)78)45-56(43-53)74(79,80)81)30-38-90-36-28-71(29-37-90)60-18-10-9-17-52(60)44-63(71)97-48-65(93)86(3)32-16-33-88(5)66(94)54-46-83-68(84-47-54)82-31-15-6-8-21-64(92)87(4)39-40-89-34-24-58(25-35-89)99-69(96)85-62-20-12-11-19-61(62)70(2)26-13-7-14-27-70/h7,9-14,17-20,22-23,26,41-43,45-47,51,58-59,63H,6,8,15-16,21,24-25,27-40,44,48-50H2,1-5H3,(H,85,96)(H,82,83,84)/t51?,59?,63-,70?,72-/m0/s1. The third kappa shape index (κ3) is 18.3. The zero-order valence-electron chi connectivity index (χ0n) is 57.0. The van der Waals surface area contributed by atoms with Crippen molar-refractivity contribution in [1.82, 2.24) is 39.4 Å². The number of rotatable bonds is 26. The summed E-state index contributed by atoms with van der Waals surface area (Å²) in [6.07, 6.45) is 12.4. The maximum absolute atomic E-state index is 14.5. The van der Waals surface area contributed by atoms with Crippen molar-refractivity contribution in [2.45, 2.75) is 132 Å². The van der Waals surface area contributed by atoms with Crippen molar-refractivity contribution in [2.24, 2.45) is 11.8 Å². The normalized spacial score (nSPS) is 22.4. The van der Waals surface area contributed by atoms with Gasteiger partial charge in [-0.3, -0.25) is 24.5 Å². The summed E-state index contributed by atoms with van der Waals surface area (Å²) in [7, 11) is 5.23. The van der Waals surface area contributed by atoms with Gasteiger partial charge in [0.25, 0.3) is 11.8 Å². The summed E-state index contributed by atoms with van der Waals surface area (Å²) in [5.41, 5.74) is -1.34. The summed E-state index contributed by atoms with van der Waals surface area (Å²) in [5, 5.41) is 6.19. The van der Waals surface area contributed by atoms with E-state index in [9.17, 15) is 54.7 Å². The number of anilines is 2. The van der Waals surface area contributed by atoms with Crippen LogP contribution in [0.3, 0.4) is 0 Å². The summed E-state index contributed by atoms with van der Waals surface area (Å²) in [4.78, 5) is 86.2. The number of benzene rings is 3. The van der Waals surface area contributed by atoms with Crippen molar-refractivity contribution in [3.8, 4) is 0 Å². The number of carbonyl (C=O) groups excluding carboxylic acids is 5. The van der Waals surface area contributed by atoms with E-state index >= 15 is 0 Å². The summed E-state index contributed by atoms with van der Waals surface area (Å²) >= 11 is 0. The van der Waals surface area contributed by atoms with Crippen molar-refractivity contribution in [1.29, 1.82) is 0 Å². The molecule has 3 fully saturated rings. The molecule has 1 spiro atoms. The highest BCUT2D eigenvalue weighted by Crippen LogP contribution is 2.49. The third-order valence-corrected chi connectivity index (χ3v) is 20.8. The zero-order valence-corrected chi connectivity index (χ0v) is 57.0. The minimum atomic E-state index is -5.15. The van der Waals surface area contributed by atoms with Crippen molar-refractivity contribution >= 4 is 41.4 Å². The highest BCUT2D eigenvalue weighted by molar-refractivity contribution is 5.95. The fourth-order valence-electron chi connectivity index (χ4n) is 14.8. The first-order valence-electron chi connectivity index (χ1n) is 34.4. The quantitative estimate of drug-likeness (QED) is 0.0448. The summed E-state index contributed by atoms with van der Waals surface area (Å²) in [5.74, 6) is -2.40. The molecule has 0 saturated carbocycles. The fraction of sp³-hybridized carbons (Fsp3) is 0.527. The molecule has 534 valence electrons. The second-order valence-electron chi connectivity index (χ2n) is 27.6. The Labute approximate surface area is 574 Å². The number of likely N-dealkylation sites (N-methyl/N-ethyl adjacent to an activating group) is 2. The van der Waals surface area contributed by atoms with Gasteiger partial charge in [-0.15, -0.1) is 0 Å². The Balaban J connectivity index is 0.605. The lowest BCUT2D eigenvalue weighted by molar-refractivity contribution is -0.143. The maximum atomic E-state index is 14.5. The molecule has 5 amide bonds. The molecule has 0 radical (unpaired) electrons. The average molecular weight is 1380 g/mol. The number of nitrogens with one attached hydrogen (secondary N) is 2. The monoisotopic (exact) mass is 1380 g/mol. The Bertz CT molecular complexity index is 3590. The van der Waals surface area contributed by atoms with Crippen molar-refractivity contribution in [3.63, 3.8) is 0 Å². The van der Waals surface area contributed by atoms with Gasteiger partial charge < -0.3 is 48.9 Å². The first-order valence-corrected chi connectivity index (χ1v) is 34.4. The number of nitrogens with zero attached hydrogens (tertiary/aromatic N) is 8. The van der Waals surface area contributed by atoms with Gasteiger partial charge >= 0.3 is 18.4 Å². The van der Waals surface area contributed by atoms with Crippen LogP contribution in [0.25, 0.3) is 0 Å². The Kier molecular flexibility index (Phi) is 23.9. The minimum absolute atomic E-state index is 0.0201. The van der Waals surface area contributed by atoms with Crippen LogP contribution >= 0.6 is 0 Å². The lowest BCUT2D eigenvalue weighted by atomic mass is 9.71. The number of amides is 5. The van der Waals surface area contributed by atoms with Crippen LogP contribution in [0.5, 0.6) is 0 Å². The van der Waals surface area contributed by atoms with Gasteiger partial charge in [0.15, 0.2) is 0 Å². The molecule has 2 N–H and O–H groups in total. The summed E-state index contributed by atoms with van der Waals surface area (Å²) in [6.45, 7) is 9.15. The molecule has 4 aromatic rings. The number of piperidine rings is 2. The van der Waals surface area contributed by atoms with Crippen LogP contribution in [0.15, 0.2) is 127 Å². The van der Waals surface area contributed by atoms with Crippen LogP contribution < -0.4 is 10.6 Å². The average Bonchev–Trinajstić information content (AvgIpc) is 1.62. The van der Waals surface area contributed by atoms with Crippen molar-refractivity contribution in [2.75, 3.05) is 117 Å². The number of allylic oxidation sites excluding steroid dienone is 7. The summed E-state index contributed by atoms with van der Waals surface area (Å²) in [6, 6.07) is 16.8. The smallest absolute Gasteiger partial charge is 0.416 e. The molecule has 1 aromatic heterocycles. The van der Waals surface area contributed by atoms with E-state index < -0.39 is 76.5 Å². The van der Waals surface area contributed by atoms with Crippen molar-refractivity contribution < 1.29 is 68.9 Å². The number of halogens is 7. The van der Waals surface area contributed by atoms with Gasteiger partial charge in [0, 0.05) is 120 Å². The highest BCUT2D eigenvalue weighted by Gasteiger charge is 2.52. The van der Waals surface area contributed by atoms with Crippen molar-refractivity contribution in [3.05, 3.63) is 166 Å². The van der Waals surface area contributed by atoms with Gasteiger partial charge in [0.1, 0.15) is 25.3 Å². The van der Waals surface area contributed by atoms with Gasteiger partial charge in [-0.1, -0.05) is 93.1 Å². The van der Waals surface area contributed by atoms with E-state index in [4.69, 9.17) is 14.2 Å². The second-order valence-corrected chi connectivity index (χ2v) is 27.6. The van der Waals surface area contributed by atoms with Gasteiger partial charge in [-0.2, -0.15) is 26.3 Å². The zero-order chi connectivity index (χ0) is 70.7. The topological polar surface area (TPSA) is 182 Å². The molecule has 4 heterocycles. The maximum Gasteiger partial charge on any atom is 0.416 e. The van der Waals surface area contributed by atoms with Crippen LogP contribution in [-0.4, -0.2) is 193 Å². The van der Waals surface area contributed by atoms with Crippen LogP contribution in [0.1, 0.15) is 133 Å². The van der Waals surface area contributed by atoms with E-state index in [-0.39, 0.29) is 54.6 Å². The number of hydrogen-bond acceptors (Lipinski definition) is 13. The van der Waals surface area contributed by atoms with E-state index in [1.807, 2.05) is 55.6 Å². The Hall–Kier alpha value is -8.00. The fourth-order valence-corrected chi connectivity index (χ4v) is 14.8. The Morgan fingerprint density at radius 2 is 1.42 bits per heavy atom. The van der Waals surface area contributed by atoms with Crippen LogP contribution in [-0.2, 0) is 53.4 Å². The predicted octanol–water partition coefficient (Wildman–Crippen LogP) is 12.3. The van der Waals surface area contributed by atoms with E-state index in [1.54, 1.807) is 41.8 Å². The molecule has 3 aliphatic carbocycles. The molecule has 10 rings (SSSR count). The second kappa shape index (κ2) is 32.1. The first-order chi connectivity index (χ1) is 47.2. The first kappa shape index (κ1) is 73.7. The van der Waals surface area contributed by atoms with Crippen LogP contribution in [0.2, 0.25) is 0 Å². The molecular formula is C74H91F7N10O8. The molecule has 3 unspecified atom stereocenters. The molecule has 5 atom stereocenters. The van der Waals surface area contributed by atoms with E-state index in [2.05, 4.69) is 61.6 Å². The molecule has 6 aliphatic rings. The SMILES string of the molecule is CC1C=C(F)C=CC1[C@]1(CCN2CCC3(CC2)c2ccccc2C[C@@H]3OCC(=O)N(C)CCCN(C)C(=O)c2cnc(NCCCCCC(=O)N(C)CCN3CCC(OC(=O)Nc4ccccc4C4(C)C=CC=CC4)CC3)nc2)CN(C(=O)c2cc(C(F)(F)F)cc(C(F)(F)F)c2)CO1. The molecule has 3 saturated heterocycles. The highest BCUT2D eigenvalue weighted by atomic mass is 19.4. The van der Waals surface area contributed by atoms with Crippen LogP contribution in [0.4, 0.5) is 47.2 Å². The number of ether oxygens (including phenoxy) is 3. The third-order valence-electron chi connectivity index (χ3n) is 20.8. The molecule has 99 heavy (non-hydrogen) atoms. The number of aromatic nitrogens is 2. The molecule has 3 aliphatic heterocycles. The van der Waals surface area contributed by atoms with Gasteiger partial charge in [0.2, 0.25) is 17.8 Å². The summed E-state index contributed by atoms with van der Waals surface area (Å²) < 4.78 is 116. The molecule has 18 nitrogen and oxygen atoms in total. The largest absolute Gasteiger partial charge is 0.446 e. The van der Waals surface area contributed by atoms with Gasteiger partial charge in [-0.05, 0) is 136 Å². The van der Waals surface area contributed by atoms with Gasteiger partial charge in [-0.25, -0.2) is 19.2 Å². The lowest BCUT2D eigenvalue weighted by Gasteiger charge is -2.45. The predicted molar refractivity (Wildman–Crippen MR) is 361 cm³/mol. The molecular weight excluding hydrogens is 1290 g/mol. The number of unbranched alkanes of at least 4 members (excludes halogenated alkanes) is 2. The number of hydrogen-bond donors (Lipinski definition) is 2. The minimum Gasteiger partial charge on any atom is -0.446 e. The Morgan fingerprint density at radius 3 is 2.11 bits per heavy atom. The van der Waals surface area contributed by atoms with E-state index in [1.165, 1.54) is 24.5 Å². The molecule has 0 bridgehead atoms. The number of alkyl halides is 6. The molecule has 3 aromatic carbocycles. The van der Waals surface area contributed by atoms with E-state index in [0.717, 1.165) is 85.4 Å². The lowest BCUT2D eigenvalue weighted by Crippen LogP contribution is -2.51. The number of likely N-dealkylation sites (tertiary alicyclic amines) is 2.